The van der Waals surface area contributed by atoms with E-state index in [4.69, 9.17) is 5.73 Å². The van der Waals surface area contributed by atoms with Crippen molar-refractivity contribution in [2.24, 2.45) is 23.5 Å². The van der Waals surface area contributed by atoms with E-state index in [0.717, 1.165) is 25.7 Å². The average Bonchev–Trinajstić information content (AvgIpc) is 3.79. The van der Waals surface area contributed by atoms with E-state index in [9.17, 15) is 47.4 Å². The Morgan fingerprint density at radius 3 is 2.10 bits per heavy atom. The number of sulfone groups is 1. The highest BCUT2D eigenvalue weighted by Gasteiger charge is 2.38. The zero-order valence-electron chi connectivity index (χ0n) is 40.7. The van der Waals surface area contributed by atoms with Crippen LogP contribution in [0.4, 0.5) is 0 Å². The number of Topliss-reactive ketones (excluding diaryl/α,β-unsaturated/α-hetero) is 3. The third-order valence-electron chi connectivity index (χ3n) is 13.6. The summed E-state index contributed by atoms with van der Waals surface area (Å²) >= 11 is 0. The molecule has 5 N–H and O–H groups in total. The van der Waals surface area contributed by atoms with Gasteiger partial charge < -0.3 is 31.1 Å². The van der Waals surface area contributed by atoms with Gasteiger partial charge in [0.15, 0.2) is 27.2 Å². The number of amides is 3. The number of hydrogen-bond donors (Lipinski definition) is 4. The van der Waals surface area contributed by atoms with Gasteiger partial charge in [-0.3, -0.25) is 28.8 Å². The van der Waals surface area contributed by atoms with Gasteiger partial charge in [0.05, 0.1) is 29.5 Å². The van der Waals surface area contributed by atoms with Crippen molar-refractivity contribution < 1.29 is 47.4 Å². The number of carbonyl (C=O) groups excluding carboxylic acids is 6. The molecule has 4 rings (SSSR count). The number of unbranched alkanes of at least 4 members (excludes halogenated alkanes) is 11. The first kappa shape index (κ1) is 55.0. The lowest BCUT2D eigenvalue weighted by Crippen LogP contribution is -2.47. The fourth-order valence-electron chi connectivity index (χ4n) is 9.66. The minimum atomic E-state index is -3.68. The molecule has 2 aliphatic heterocycles. The fraction of sp³-hybridized carbons (Fsp3) is 0.654. The van der Waals surface area contributed by atoms with Crippen molar-refractivity contribution in [2.75, 3.05) is 31.6 Å². The van der Waals surface area contributed by atoms with Crippen molar-refractivity contribution in [3.63, 3.8) is 0 Å². The predicted molar refractivity (Wildman–Crippen MR) is 261 cm³/mol. The van der Waals surface area contributed by atoms with Gasteiger partial charge in [-0.2, -0.15) is 0 Å². The van der Waals surface area contributed by atoms with Gasteiger partial charge in [-0.25, -0.2) is 8.42 Å². The molecule has 67 heavy (non-hydrogen) atoms. The van der Waals surface area contributed by atoms with Gasteiger partial charge in [-0.1, -0.05) is 104 Å². The van der Waals surface area contributed by atoms with Crippen LogP contribution < -0.4 is 11.1 Å². The van der Waals surface area contributed by atoms with E-state index in [1.54, 1.807) is 26.0 Å². The van der Waals surface area contributed by atoms with Crippen LogP contribution in [0.15, 0.2) is 36.4 Å². The number of likely N-dealkylation sites (N-methyl/N-ethyl adjacent to an activating group) is 1. The van der Waals surface area contributed by atoms with Crippen molar-refractivity contribution >= 4 is 44.9 Å². The van der Waals surface area contributed by atoms with Crippen molar-refractivity contribution in [1.29, 1.82) is 0 Å². The summed E-state index contributed by atoms with van der Waals surface area (Å²) in [5, 5.41) is 25.2. The summed E-state index contributed by atoms with van der Waals surface area (Å²) in [6.45, 7) is 7.57. The number of aromatic hydroxyl groups is 2. The zero-order chi connectivity index (χ0) is 49.3. The molecule has 2 aromatic rings. The van der Waals surface area contributed by atoms with Crippen molar-refractivity contribution in [2.45, 2.75) is 168 Å². The van der Waals surface area contributed by atoms with Crippen LogP contribution in [-0.4, -0.2) is 107 Å². The molecule has 15 heteroatoms. The second kappa shape index (κ2) is 26.8. The quantitative estimate of drug-likeness (QED) is 0.0712. The molecule has 372 valence electrons. The lowest BCUT2D eigenvalue weighted by Gasteiger charge is -2.32. The average molecular weight is 951 g/mol. The molecule has 0 unspecified atom stereocenters. The molecule has 1 saturated heterocycles. The summed E-state index contributed by atoms with van der Waals surface area (Å²) in [5.74, 6) is -6.26. The Kier molecular flexibility index (Phi) is 22.0. The van der Waals surface area contributed by atoms with Crippen LogP contribution in [0.2, 0.25) is 0 Å². The fourth-order valence-corrected chi connectivity index (χ4v) is 11.4. The maximum absolute atomic E-state index is 14.6. The third kappa shape index (κ3) is 16.3. The smallest absolute Gasteiger partial charge is 0.227 e. The second-order valence-corrected chi connectivity index (χ2v) is 21.5. The normalized spacial score (nSPS) is 19.9. The number of phenolic OH excluding ortho intramolecular Hbond substituents is 2. The van der Waals surface area contributed by atoms with E-state index in [2.05, 4.69) is 12.2 Å². The lowest BCUT2D eigenvalue weighted by molar-refractivity contribution is -0.142. The molecule has 0 spiro atoms. The van der Waals surface area contributed by atoms with E-state index in [0.29, 0.717) is 50.8 Å². The van der Waals surface area contributed by atoms with Crippen molar-refractivity contribution in [3.05, 3.63) is 47.5 Å². The highest BCUT2D eigenvalue weighted by Crippen LogP contribution is 2.40. The predicted octanol–water partition coefficient (Wildman–Crippen LogP) is 7.55. The highest BCUT2D eigenvalue weighted by atomic mass is 32.2. The van der Waals surface area contributed by atoms with Crippen LogP contribution in [0.5, 0.6) is 11.5 Å². The molecular weight excluding hydrogens is 873 g/mol. The molecule has 0 saturated carbocycles. The molecule has 0 radical (unpaired) electrons. The van der Waals surface area contributed by atoms with Crippen LogP contribution in [0, 0.1) is 17.8 Å². The second-order valence-electron chi connectivity index (χ2n) is 19.3. The van der Waals surface area contributed by atoms with Crippen LogP contribution in [-0.2, 0) is 45.0 Å². The standard InChI is InChI=1S/C52H78N4O10S/c1-6-7-8-9-10-11-12-13-14-15-18-28-67(65,66)34-40(20-16-17-26-53)52(64)55(5)49-39-23-25-46(59)42(33-39)41-31-38(22-24-45(41)58)32-43(54-50(62)35(2)29-48(49)61)47(60)30-36(3)51(63)56-27-19-21-44(56)37(4)57/h22-25,31,33,35-36,40,43-44,49,58-59H,6-21,26-30,32,34,53H2,1-5H3,(H,54,62)/t35-,36-,40-,43+,44+,49+/m1/s1. The largest absolute Gasteiger partial charge is 0.507 e. The number of phenols is 2. The zero-order valence-corrected chi connectivity index (χ0v) is 41.5. The Morgan fingerprint density at radius 1 is 0.866 bits per heavy atom. The summed E-state index contributed by atoms with van der Waals surface area (Å²) in [5.41, 5.74) is 6.91. The maximum Gasteiger partial charge on any atom is 0.227 e. The number of likely N-dealkylation sites (tertiary alicyclic amines) is 1. The SMILES string of the molecule is CCCCCCCCCCCCCS(=O)(=O)C[C@@H](CCCCN)C(=O)N(C)[C@@H]1C(=O)C[C@@H](C)C(=O)N[C@H](C(=O)C[C@@H](C)C(=O)N2CCC[C@H]2C(C)=O)Cc2ccc(O)c(c2)-c2cc1ccc2O. The molecule has 6 atom stereocenters. The first-order chi connectivity index (χ1) is 31.9. The van der Waals surface area contributed by atoms with E-state index < -0.39 is 74.9 Å². The maximum atomic E-state index is 14.6. The van der Waals surface area contributed by atoms with Crippen molar-refractivity contribution in [3.8, 4) is 22.6 Å². The Labute approximate surface area is 399 Å². The summed E-state index contributed by atoms with van der Waals surface area (Å²) in [7, 11) is -2.24. The number of fused-ring (bicyclic) bond motifs is 5. The van der Waals surface area contributed by atoms with E-state index in [1.165, 1.54) is 86.6 Å². The van der Waals surface area contributed by atoms with Gasteiger partial charge in [-0.05, 0) is 87.4 Å². The molecule has 0 aliphatic carbocycles. The third-order valence-corrected chi connectivity index (χ3v) is 15.5. The first-order valence-electron chi connectivity index (χ1n) is 24.9. The molecular formula is C52H78N4O10S. The van der Waals surface area contributed by atoms with Crippen LogP contribution in [0.3, 0.4) is 0 Å². The topological polar surface area (TPSA) is 222 Å². The Balaban J connectivity index is 1.59. The summed E-state index contributed by atoms with van der Waals surface area (Å²) in [4.78, 5) is 85.8. The molecule has 1 fully saturated rings. The molecule has 4 bridgehead atoms. The number of benzene rings is 2. The van der Waals surface area contributed by atoms with E-state index >= 15 is 0 Å². The van der Waals surface area contributed by atoms with Gasteiger partial charge in [-0.15, -0.1) is 0 Å². The number of rotatable bonds is 25. The minimum absolute atomic E-state index is 0.0345. The lowest BCUT2D eigenvalue weighted by atomic mass is 9.88. The number of nitrogens with one attached hydrogen (secondary N) is 1. The van der Waals surface area contributed by atoms with Crippen LogP contribution in [0.1, 0.15) is 160 Å². The number of ketones is 3. The number of carbonyl (C=O) groups is 6. The van der Waals surface area contributed by atoms with Gasteiger partial charge >= 0.3 is 0 Å². The Bertz CT molecular complexity index is 2130. The van der Waals surface area contributed by atoms with Crippen molar-refractivity contribution in [1.82, 2.24) is 15.1 Å². The monoisotopic (exact) mass is 951 g/mol. The molecule has 2 heterocycles. The molecule has 3 amide bonds. The molecule has 2 aromatic carbocycles. The summed E-state index contributed by atoms with van der Waals surface area (Å²) in [6, 6.07) is 5.91. The van der Waals surface area contributed by atoms with Crippen LogP contribution in [0.25, 0.3) is 11.1 Å². The molecule has 0 aromatic heterocycles. The molecule has 14 nitrogen and oxygen atoms in total. The summed E-state index contributed by atoms with van der Waals surface area (Å²) in [6.07, 6.45) is 13.7. The summed E-state index contributed by atoms with van der Waals surface area (Å²) < 4.78 is 27.3. The highest BCUT2D eigenvalue weighted by molar-refractivity contribution is 7.91. The number of nitrogens with two attached hydrogens (primary N) is 1. The number of hydrogen-bond acceptors (Lipinski definition) is 11. The Morgan fingerprint density at radius 2 is 1.48 bits per heavy atom. The minimum Gasteiger partial charge on any atom is -0.507 e. The Hall–Kier alpha value is -4.63. The van der Waals surface area contributed by atoms with Gasteiger partial charge in [0.1, 0.15) is 17.5 Å². The van der Waals surface area contributed by atoms with Gasteiger partial charge in [0.2, 0.25) is 17.7 Å². The van der Waals surface area contributed by atoms with E-state index in [1.807, 2.05) is 0 Å². The molecule has 2 aliphatic rings. The van der Waals surface area contributed by atoms with Gasteiger partial charge in [0, 0.05) is 49.4 Å². The van der Waals surface area contributed by atoms with E-state index in [-0.39, 0.29) is 71.3 Å². The first-order valence-corrected chi connectivity index (χ1v) is 26.7. The number of nitrogens with zero attached hydrogens (tertiary/aromatic N) is 2. The van der Waals surface area contributed by atoms with Crippen LogP contribution >= 0.6 is 0 Å². The van der Waals surface area contributed by atoms with Gasteiger partial charge in [0.25, 0.3) is 0 Å².